The SMILES string of the molecule is CCN(C(=O)c1ccccc1I)c1ccc2c(c1)c1ccccc1n2CC. The molecule has 4 rings (SSSR count). The van der Waals surface area contributed by atoms with Gasteiger partial charge in [-0.1, -0.05) is 30.3 Å². The molecule has 3 nitrogen and oxygen atoms in total. The van der Waals surface area contributed by atoms with Crippen molar-refractivity contribution in [1.29, 1.82) is 0 Å². The quantitative estimate of drug-likeness (QED) is 0.333. The van der Waals surface area contributed by atoms with Crippen molar-refractivity contribution in [1.82, 2.24) is 4.57 Å². The molecular formula is C23H21IN2O. The molecule has 3 aromatic carbocycles. The van der Waals surface area contributed by atoms with Crippen molar-refractivity contribution < 1.29 is 4.79 Å². The lowest BCUT2D eigenvalue weighted by molar-refractivity contribution is 0.0987. The average molecular weight is 468 g/mol. The van der Waals surface area contributed by atoms with Crippen LogP contribution >= 0.6 is 22.6 Å². The van der Waals surface area contributed by atoms with Crippen molar-refractivity contribution in [3.8, 4) is 0 Å². The number of fused-ring (bicyclic) bond motifs is 3. The molecule has 1 amide bonds. The summed E-state index contributed by atoms with van der Waals surface area (Å²) in [5.74, 6) is 0.0427. The molecule has 0 saturated heterocycles. The Kier molecular flexibility index (Phi) is 4.91. The minimum Gasteiger partial charge on any atom is -0.341 e. The van der Waals surface area contributed by atoms with Crippen LogP contribution in [0.2, 0.25) is 0 Å². The highest BCUT2D eigenvalue weighted by Gasteiger charge is 2.19. The molecule has 1 aromatic heterocycles. The fourth-order valence-corrected chi connectivity index (χ4v) is 4.39. The second-order valence-electron chi connectivity index (χ2n) is 6.49. The van der Waals surface area contributed by atoms with Gasteiger partial charge in [0.2, 0.25) is 0 Å². The Hall–Kier alpha value is -2.34. The second-order valence-corrected chi connectivity index (χ2v) is 7.65. The number of rotatable bonds is 4. The summed E-state index contributed by atoms with van der Waals surface area (Å²) in [6.07, 6.45) is 0. The number of anilines is 1. The van der Waals surface area contributed by atoms with Gasteiger partial charge in [-0.25, -0.2) is 0 Å². The molecule has 0 radical (unpaired) electrons. The van der Waals surface area contributed by atoms with Crippen LogP contribution in [-0.2, 0) is 6.54 Å². The van der Waals surface area contributed by atoms with Gasteiger partial charge in [-0.2, -0.15) is 0 Å². The number of amides is 1. The number of aromatic nitrogens is 1. The predicted octanol–water partition coefficient (Wildman–Crippen LogP) is 6.09. The number of carbonyl (C=O) groups excluding carboxylic acids is 1. The van der Waals surface area contributed by atoms with E-state index >= 15 is 0 Å². The molecule has 27 heavy (non-hydrogen) atoms. The maximum atomic E-state index is 13.2. The van der Waals surface area contributed by atoms with Crippen molar-refractivity contribution in [3.05, 3.63) is 75.9 Å². The van der Waals surface area contributed by atoms with Crippen LogP contribution in [0, 0.1) is 3.57 Å². The zero-order valence-electron chi connectivity index (χ0n) is 15.4. The van der Waals surface area contributed by atoms with E-state index in [2.05, 4.69) is 76.5 Å². The minimum absolute atomic E-state index is 0.0427. The zero-order valence-corrected chi connectivity index (χ0v) is 17.6. The molecule has 0 bridgehead atoms. The Morgan fingerprint density at radius 1 is 0.926 bits per heavy atom. The number of para-hydroxylation sites is 1. The summed E-state index contributed by atoms with van der Waals surface area (Å²) in [4.78, 5) is 15.0. The van der Waals surface area contributed by atoms with E-state index in [9.17, 15) is 4.79 Å². The third kappa shape index (κ3) is 3.02. The second kappa shape index (κ2) is 7.35. The van der Waals surface area contributed by atoms with E-state index in [1.807, 2.05) is 36.1 Å². The number of aryl methyl sites for hydroxylation is 1. The van der Waals surface area contributed by atoms with Gasteiger partial charge in [0.1, 0.15) is 0 Å². The fourth-order valence-electron chi connectivity index (χ4n) is 3.77. The summed E-state index contributed by atoms with van der Waals surface area (Å²) in [6.45, 7) is 5.73. The van der Waals surface area contributed by atoms with Gasteiger partial charge in [-0.3, -0.25) is 4.79 Å². The van der Waals surface area contributed by atoms with E-state index in [0.717, 1.165) is 21.4 Å². The van der Waals surface area contributed by atoms with E-state index < -0.39 is 0 Å². The number of hydrogen-bond donors (Lipinski definition) is 0. The first-order chi connectivity index (χ1) is 13.2. The molecule has 0 fully saturated rings. The number of benzene rings is 3. The third-order valence-electron chi connectivity index (χ3n) is 5.05. The summed E-state index contributed by atoms with van der Waals surface area (Å²) >= 11 is 2.23. The first-order valence-electron chi connectivity index (χ1n) is 9.23. The maximum Gasteiger partial charge on any atom is 0.259 e. The van der Waals surface area contributed by atoms with Crippen molar-refractivity contribution in [2.45, 2.75) is 20.4 Å². The topological polar surface area (TPSA) is 25.2 Å². The van der Waals surface area contributed by atoms with Crippen molar-refractivity contribution in [2.24, 2.45) is 0 Å². The van der Waals surface area contributed by atoms with E-state index in [1.54, 1.807) is 0 Å². The fraction of sp³-hybridized carbons (Fsp3) is 0.174. The molecule has 0 aliphatic rings. The molecule has 4 heteroatoms. The van der Waals surface area contributed by atoms with Gasteiger partial charge in [-0.15, -0.1) is 0 Å². The molecule has 0 saturated carbocycles. The summed E-state index contributed by atoms with van der Waals surface area (Å²) in [5.41, 5.74) is 4.13. The lowest BCUT2D eigenvalue weighted by Gasteiger charge is -2.22. The molecule has 0 aliphatic carbocycles. The van der Waals surface area contributed by atoms with Gasteiger partial charge in [0.25, 0.3) is 5.91 Å². The van der Waals surface area contributed by atoms with Gasteiger partial charge in [-0.05, 0) is 72.8 Å². The molecule has 0 aliphatic heterocycles. The molecule has 4 aromatic rings. The highest BCUT2D eigenvalue weighted by molar-refractivity contribution is 14.1. The van der Waals surface area contributed by atoms with Gasteiger partial charge in [0, 0.05) is 44.2 Å². The highest BCUT2D eigenvalue weighted by atomic mass is 127. The van der Waals surface area contributed by atoms with Crippen LogP contribution in [0.3, 0.4) is 0 Å². The Bertz CT molecular complexity index is 1150. The van der Waals surface area contributed by atoms with Crippen LogP contribution in [0.15, 0.2) is 66.7 Å². The smallest absolute Gasteiger partial charge is 0.259 e. The summed E-state index contributed by atoms with van der Waals surface area (Å²) < 4.78 is 3.30. The standard InChI is InChI=1S/C23H21IN2O/c1-3-25(23(27)18-10-5-7-11-20(18)24)16-13-14-22-19(15-16)17-9-6-8-12-21(17)26(22)4-2/h5-15H,3-4H2,1-2H3. The Labute approximate surface area is 172 Å². The normalized spacial score (nSPS) is 11.2. The summed E-state index contributed by atoms with van der Waals surface area (Å²) in [7, 11) is 0. The van der Waals surface area contributed by atoms with Gasteiger partial charge >= 0.3 is 0 Å². The lowest BCUT2D eigenvalue weighted by atomic mass is 10.1. The number of carbonyl (C=O) groups is 1. The Morgan fingerprint density at radius 3 is 2.37 bits per heavy atom. The molecule has 0 atom stereocenters. The van der Waals surface area contributed by atoms with Crippen LogP contribution in [0.25, 0.3) is 21.8 Å². The molecule has 0 unspecified atom stereocenters. The Balaban J connectivity index is 1.86. The molecule has 0 N–H and O–H groups in total. The number of hydrogen-bond acceptors (Lipinski definition) is 1. The van der Waals surface area contributed by atoms with E-state index in [-0.39, 0.29) is 5.91 Å². The van der Waals surface area contributed by atoms with Crippen molar-refractivity contribution >= 4 is 56.0 Å². The monoisotopic (exact) mass is 468 g/mol. The highest BCUT2D eigenvalue weighted by Crippen LogP contribution is 2.32. The van der Waals surface area contributed by atoms with Crippen LogP contribution in [-0.4, -0.2) is 17.0 Å². The summed E-state index contributed by atoms with van der Waals surface area (Å²) in [6, 6.07) is 22.6. The van der Waals surface area contributed by atoms with Crippen LogP contribution < -0.4 is 4.90 Å². The van der Waals surface area contributed by atoms with Crippen LogP contribution in [0.5, 0.6) is 0 Å². The van der Waals surface area contributed by atoms with Crippen molar-refractivity contribution in [2.75, 3.05) is 11.4 Å². The van der Waals surface area contributed by atoms with Gasteiger partial charge < -0.3 is 9.47 Å². The zero-order chi connectivity index (χ0) is 19.0. The lowest BCUT2D eigenvalue weighted by Crippen LogP contribution is -2.31. The minimum atomic E-state index is 0.0427. The van der Waals surface area contributed by atoms with Crippen LogP contribution in [0.4, 0.5) is 5.69 Å². The predicted molar refractivity (Wildman–Crippen MR) is 122 cm³/mol. The van der Waals surface area contributed by atoms with Gasteiger partial charge in [0.15, 0.2) is 0 Å². The largest absolute Gasteiger partial charge is 0.341 e. The number of nitrogens with zero attached hydrogens (tertiary/aromatic N) is 2. The molecule has 1 heterocycles. The molecule has 136 valence electrons. The first kappa shape index (κ1) is 18.0. The van der Waals surface area contributed by atoms with E-state index in [1.165, 1.54) is 21.8 Å². The number of halogens is 1. The molecule has 0 spiro atoms. The van der Waals surface area contributed by atoms with E-state index in [4.69, 9.17) is 0 Å². The van der Waals surface area contributed by atoms with Gasteiger partial charge in [0.05, 0.1) is 5.56 Å². The van der Waals surface area contributed by atoms with E-state index in [0.29, 0.717) is 6.54 Å². The Morgan fingerprint density at radius 2 is 1.63 bits per heavy atom. The maximum absolute atomic E-state index is 13.2. The summed E-state index contributed by atoms with van der Waals surface area (Å²) in [5, 5.41) is 2.42. The third-order valence-corrected chi connectivity index (χ3v) is 5.99. The molecular weight excluding hydrogens is 447 g/mol. The van der Waals surface area contributed by atoms with Crippen molar-refractivity contribution in [3.63, 3.8) is 0 Å². The average Bonchev–Trinajstić information content (AvgIpc) is 3.02. The van der Waals surface area contributed by atoms with Crippen LogP contribution in [0.1, 0.15) is 24.2 Å². The first-order valence-corrected chi connectivity index (χ1v) is 10.3.